The Hall–Kier alpha value is -2.61. The summed E-state index contributed by atoms with van der Waals surface area (Å²) in [5.41, 5.74) is 3.61. The molecule has 0 atom stereocenters. The lowest BCUT2D eigenvalue weighted by Gasteiger charge is -2.45. The molecule has 1 aromatic carbocycles. The Balaban J connectivity index is 1.11. The van der Waals surface area contributed by atoms with Crippen LogP contribution in [0.25, 0.3) is 11.3 Å². The van der Waals surface area contributed by atoms with E-state index in [2.05, 4.69) is 15.0 Å². The zero-order valence-electron chi connectivity index (χ0n) is 19.0. The molecule has 0 bridgehead atoms. The van der Waals surface area contributed by atoms with E-state index in [1.54, 1.807) is 12.3 Å². The van der Waals surface area contributed by atoms with Gasteiger partial charge in [0.15, 0.2) is 0 Å². The van der Waals surface area contributed by atoms with Crippen LogP contribution in [0.4, 0.5) is 5.69 Å². The number of rotatable bonds is 7. The number of hydrogen-bond donors (Lipinski definition) is 1. The summed E-state index contributed by atoms with van der Waals surface area (Å²) in [5.74, 6) is 0.286. The number of carbonyl (C=O) groups is 1. The highest BCUT2D eigenvalue weighted by Gasteiger charge is 2.49. The third-order valence-electron chi connectivity index (χ3n) is 7.52. The number of pyridine rings is 1. The van der Waals surface area contributed by atoms with Gasteiger partial charge in [0, 0.05) is 30.1 Å². The van der Waals surface area contributed by atoms with E-state index in [4.69, 9.17) is 37.6 Å². The smallest absolute Gasteiger partial charge is 0.354 e. The van der Waals surface area contributed by atoms with Crippen molar-refractivity contribution in [2.45, 2.75) is 50.7 Å². The number of benzene rings is 1. The molecular formula is C26H25Cl2N3O4. The summed E-state index contributed by atoms with van der Waals surface area (Å²) in [7, 11) is 0. The molecule has 2 aromatic heterocycles. The van der Waals surface area contributed by atoms with Gasteiger partial charge in [-0.15, -0.1) is 0 Å². The average Bonchev–Trinajstić information content (AvgIpc) is 3.43. The monoisotopic (exact) mass is 513 g/mol. The highest BCUT2D eigenvalue weighted by molar-refractivity contribution is 6.39. The summed E-state index contributed by atoms with van der Waals surface area (Å²) in [5, 5.41) is 14.5. The fourth-order valence-corrected chi connectivity index (χ4v) is 6.04. The van der Waals surface area contributed by atoms with Gasteiger partial charge in [-0.1, -0.05) is 34.4 Å². The zero-order chi connectivity index (χ0) is 24.2. The molecule has 0 radical (unpaired) electrons. The summed E-state index contributed by atoms with van der Waals surface area (Å²) in [6, 6.07) is 8.85. The van der Waals surface area contributed by atoms with E-state index in [1.807, 2.05) is 24.3 Å². The number of aromatic carboxylic acids is 1. The average molecular weight is 514 g/mol. The predicted molar refractivity (Wildman–Crippen MR) is 132 cm³/mol. The number of ether oxygens (including phenoxy) is 1. The number of carboxylic acids is 1. The van der Waals surface area contributed by atoms with Crippen LogP contribution in [0.1, 0.15) is 59.8 Å². The van der Waals surface area contributed by atoms with Gasteiger partial charge in [-0.2, -0.15) is 0 Å². The quantitative estimate of drug-likeness (QED) is 0.402. The summed E-state index contributed by atoms with van der Waals surface area (Å²) >= 11 is 12.9. The van der Waals surface area contributed by atoms with E-state index >= 15 is 0 Å². The minimum atomic E-state index is -1.01. The van der Waals surface area contributed by atoms with Crippen molar-refractivity contribution in [2.75, 3.05) is 18.0 Å². The lowest BCUT2D eigenvalue weighted by molar-refractivity contribution is -0.0796. The first-order chi connectivity index (χ1) is 16.9. The van der Waals surface area contributed by atoms with Gasteiger partial charge >= 0.3 is 5.97 Å². The third kappa shape index (κ3) is 4.30. The Morgan fingerprint density at radius 1 is 1.20 bits per heavy atom. The van der Waals surface area contributed by atoms with E-state index in [1.165, 1.54) is 0 Å². The third-order valence-corrected chi connectivity index (χ3v) is 8.15. The van der Waals surface area contributed by atoms with Crippen molar-refractivity contribution in [2.24, 2.45) is 5.41 Å². The lowest BCUT2D eigenvalue weighted by atomic mass is 9.66. The molecule has 0 amide bonds. The van der Waals surface area contributed by atoms with Crippen LogP contribution in [0, 0.1) is 5.41 Å². The van der Waals surface area contributed by atoms with Crippen LogP contribution < -0.4 is 4.90 Å². The largest absolute Gasteiger partial charge is 0.477 e. The summed E-state index contributed by atoms with van der Waals surface area (Å²) in [6.07, 6.45) is 7.12. The Kier molecular flexibility index (Phi) is 5.74. The van der Waals surface area contributed by atoms with Crippen molar-refractivity contribution >= 4 is 34.9 Å². The minimum absolute atomic E-state index is 0.0662. The summed E-state index contributed by atoms with van der Waals surface area (Å²) in [4.78, 5) is 17.4. The molecule has 3 heterocycles. The Labute approximate surface area is 213 Å². The number of halogens is 2. The van der Waals surface area contributed by atoms with Crippen molar-refractivity contribution in [1.82, 2.24) is 10.1 Å². The number of hydrogen-bond acceptors (Lipinski definition) is 6. The molecule has 6 rings (SSSR count). The molecular weight excluding hydrogens is 489 g/mol. The van der Waals surface area contributed by atoms with Gasteiger partial charge in [0.25, 0.3) is 0 Å². The topological polar surface area (TPSA) is 88.7 Å². The summed E-state index contributed by atoms with van der Waals surface area (Å²) < 4.78 is 12.1. The van der Waals surface area contributed by atoms with Crippen LogP contribution in [0.2, 0.25) is 10.0 Å². The van der Waals surface area contributed by atoms with Gasteiger partial charge in [0.05, 0.1) is 34.6 Å². The Bertz CT molecular complexity index is 1250. The summed E-state index contributed by atoms with van der Waals surface area (Å²) in [6.45, 7) is 2.30. The fraction of sp³-hybridized carbons (Fsp3) is 0.423. The van der Waals surface area contributed by atoms with E-state index in [0.717, 1.165) is 62.2 Å². The number of carboxylic acid groups (broad SMARTS) is 1. The second-order valence-corrected chi connectivity index (χ2v) is 10.8. The Morgan fingerprint density at radius 2 is 1.97 bits per heavy atom. The van der Waals surface area contributed by atoms with E-state index in [-0.39, 0.29) is 17.2 Å². The number of aromatic nitrogens is 2. The molecule has 35 heavy (non-hydrogen) atoms. The van der Waals surface area contributed by atoms with Gasteiger partial charge in [-0.3, -0.25) is 0 Å². The SMILES string of the molecule is O=C(O)c1ccc(N2CCC3(CC(OCc4c(-c5c(Cl)cccc5Cl)noc4C4CC4)C3)C2)cn1. The molecule has 9 heteroatoms. The van der Waals surface area contributed by atoms with Gasteiger partial charge in [-0.25, -0.2) is 9.78 Å². The van der Waals surface area contributed by atoms with Gasteiger partial charge in [-0.05, 0) is 61.8 Å². The molecule has 1 saturated heterocycles. The van der Waals surface area contributed by atoms with Gasteiger partial charge < -0.3 is 19.3 Å². The van der Waals surface area contributed by atoms with Crippen LogP contribution in [0.3, 0.4) is 0 Å². The molecule has 3 aromatic rings. The maximum absolute atomic E-state index is 11.1. The highest BCUT2D eigenvalue weighted by atomic mass is 35.5. The van der Waals surface area contributed by atoms with Crippen LogP contribution in [0.15, 0.2) is 41.1 Å². The minimum Gasteiger partial charge on any atom is -0.477 e. The molecule has 1 spiro atoms. The molecule has 3 fully saturated rings. The Morgan fingerprint density at radius 3 is 2.63 bits per heavy atom. The number of anilines is 1. The molecule has 0 unspecified atom stereocenters. The van der Waals surface area contributed by atoms with Gasteiger partial charge in [0.2, 0.25) is 0 Å². The zero-order valence-corrected chi connectivity index (χ0v) is 20.6. The highest BCUT2D eigenvalue weighted by Crippen LogP contribution is 2.51. The van der Waals surface area contributed by atoms with Crippen molar-refractivity contribution in [3.05, 3.63) is 63.6 Å². The maximum Gasteiger partial charge on any atom is 0.354 e. The van der Waals surface area contributed by atoms with Crippen molar-refractivity contribution in [1.29, 1.82) is 0 Å². The van der Waals surface area contributed by atoms with Gasteiger partial charge in [0.1, 0.15) is 17.1 Å². The molecule has 1 N–H and O–H groups in total. The van der Waals surface area contributed by atoms with E-state index in [0.29, 0.717) is 33.8 Å². The molecule has 1 aliphatic heterocycles. The van der Waals surface area contributed by atoms with Crippen molar-refractivity contribution in [3.63, 3.8) is 0 Å². The van der Waals surface area contributed by atoms with Crippen molar-refractivity contribution < 1.29 is 19.2 Å². The first kappa shape index (κ1) is 22.8. The second kappa shape index (κ2) is 8.80. The standard InChI is InChI=1S/C26H25Cl2N3O4/c27-19-2-1-3-20(28)22(19)23-18(24(35-30-23)15-4-5-15)13-34-17-10-26(11-17)8-9-31(14-26)16-6-7-21(25(32)33)29-12-16/h1-3,6-7,12,15,17H,4-5,8-11,13-14H2,(H,32,33). The van der Waals surface area contributed by atoms with Crippen LogP contribution >= 0.6 is 23.2 Å². The molecule has 2 aliphatic carbocycles. The molecule has 182 valence electrons. The van der Waals surface area contributed by atoms with Crippen LogP contribution in [0.5, 0.6) is 0 Å². The first-order valence-corrected chi connectivity index (χ1v) is 12.7. The molecule has 3 aliphatic rings. The van der Waals surface area contributed by atoms with Crippen molar-refractivity contribution in [3.8, 4) is 11.3 Å². The normalized spacial score (nSPS) is 23.6. The predicted octanol–water partition coefficient (Wildman–Crippen LogP) is 6.19. The molecule has 2 saturated carbocycles. The van der Waals surface area contributed by atoms with E-state index < -0.39 is 5.97 Å². The molecule has 7 nitrogen and oxygen atoms in total. The second-order valence-electron chi connectivity index (χ2n) is 9.96. The van der Waals surface area contributed by atoms with E-state index in [9.17, 15) is 4.79 Å². The van der Waals surface area contributed by atoms with Crippen LogP contribution in [-0.4, -0.2) is 40.4 Å². The number of nitrogens with zero attached hydrogens (tertiary/aromatic N) is 3. The maximum atomic E-state index is 11.1. The first-order valence-electron chi connectivity index (χ1n) is 11.9. The lowest BCUT2D eigenvalue weighted by Crippen LogP contribution is -2.44. The van der Waals surface area contributed by atoms with Crippen LogP contribution in [-0.2, 0) is 11.3 Å². The fourth-order valence-electron chi connectivity index (χ4n) is 5.46.